The molecule has 0 spiro atoms. The van der Waals surface area contributed by atoms with Gasteiger partial charge in [-0.15, -0.1) is 0 Å². The van der Waals surface area contributed by atoms with Gasteiger partial charge in [0.05, 0.1) is 24.9 Å². The third-order valence-electron chi connectivity index (χ3n) is 5.49. The molecule has 0 aliphatic carbocycles. The van der Waals surface area contributed by atoms with Gasteiger partial charge in [0, 0.05) is 36.4 Å². The minimum absolute atomic E-state index is 0.0465. The SMILES string of the molecule is COc1ccc(-n2c(C)ccc2[C@@H]2[C@@H](c3ccccn3)NC(=S)N2CCCO)cc1. The summed E-state index contributed by atoms with van der Waals surface area (Å²) in [7, 11) is 1.67. The Morgan fingerprint density at radius 1 is 1.13 bits per heavy atom. The molecular weight excluding hydrogens is 396 g/mol. The highest BCUT2D eigenvalue weighted by Gasteiger charge is 2.41. The molecule has 30 heavy (non-hydrogen) atoms. The maximum absolute atomic E-state index is 9.42. The molecule has 0 radical (unpaired) electrons. The monoisotopic (exact) mass is 422 g/mol. The Morgan fingerprint density at radius 3 is 2.60 bits per heavy atom. The van der Waals surface area contributed by atoms with Crippen LogP contribution in [0.15, 0.2) is 60.8 Å². The number of benzene rings is 1. The van der Waals surface area contributed by atoms with Crippen LogP contribution >= 0.6 is 12.2 Å². The van der Waals surface area contributed by atoms with Gasteiger partial charge in [0.25, 0.3) is 0 Å². The van der Waals surface area contributed by atoms with Gasteiger partial charge < -0.3 is 24.6 Å². The van der Waals surface area contributed by atoms with Gasteiger partial charge in [-0.3, -0.25) is 4.98 Å². The highest BCUT2D eigenvalue weighted by atomic mass is 32.1. The third kappa shape index (κ3) is 3.78. The summed E-state index contributed by atoms with van der Waals surface area (Å²) in [5.74, 6) is 0.824. The van der Waals surface area contributed by atoms with E-state index in [2.05, 4.69) is 51.0 Å². The molecule has 2 aromatic heterocycles. The van der Waals surface area contributed by atoms with Crippen molar-refractivity contribution in [3.8, 4) is 11.4 Å². The molecule has 0 bridgehead atoms. The van der Waals surface area contributed by atoms with Crippen LogP contribution in [0.5, 0.6) is 5.75 Å². The van der Waals surface area contributed by atoms with Crippen LogP contribution < -0.4 is 10.1 Å². The van der Waals surface area contributed by atoms with Crippen molar-refractivity contribution in [3.63, 3.8) is 0 Å². The van der Waals surface area contributed by atoms with Crippen molar-refractivity contribution < 1.29 is 9.84 Å². The molecule has 1 saturated heterocycles. The number of pyridine rings is 1. The molecule has 4 rings (SSSR count). The number of nitrogens with one attached hydrogen (secondary N) is 1. The minimum Gasteiger partial charge on any atom is -0.497 e. The Balaban J connectivity index is 1.81. The molecule has 7 heteroatoms. The highest BCUT2D eigenvalue weighted by molar-refractivity contribution is 7.80. The van der Waals surface area contributed by atoms with Crippen LogP contribution in [0.25, 0.3) is 5.69 Å². The predicted octanol–water partition coefficient (Wildman–Crippen LogP) is 3.54. The van der Waals surface area contributed by atoms with Gasteiger partial charge in [-0.25, -0.2) is 0 Å². The zero-order valence-corrected chi connectivity index (χ0v) is 18.0. The summed E-state index contributed by atoms with van der Waals surface area (Å²) in [6.07, 6.45) is 2.46. The summed E-state index contributed by atoms with van der Waals surface area (Å²) in [4.78, 5) is 6.76. The second-order valence-corrected chi connectivity index (χ2v) is 7.72. The van der Waals surface area contributed by atoms with E-state index in [9.17, 15) is 5.11 Å². The standard InChI is InChI=1S/C23H26N4O2S/c1-16-7-12-20(27(16)17-8-10-18(29-2)11-9-17)22-21(19-6-3-4-13-24-19)25-23(30)26(22)14-5-15-28/h3-4,6-13,21-22,28H,5,14-15H2,1-2H3,(H,25,30)/t21-,22-/m1/s1. The minimum atomic E-state index is -0.0799. The molecular formula is C23H26N4O2S. The highest BCUT2D eigenvalue weighted by Crippen LogP contribution is 2.40. The second kappa shape index (κ2) is 8.85. The fraction of sp³-hybridized carbons (Fsp3) is 0.304. The number of aromatic nitrogens is 2. The number of nitrogens with zero attached hydrogens (tertiary/aromatic N) is 3. The van der Waals surface area contributed by atoms with Crippen molar-refractivity contribution in [2.45, 2.75) is 25.4 Å². The van der Waals surface area contributed by atoms with E-state index in [1.54, 1.807) is 13.3 Å². The number of thiocarbonyl (C=S) groups is 1. The number of aliphatic hydroxyl groups excluding tert-OH is 1. The first-order valence-corrected chi connectivity index (χ1v) is 10.5. The fourth-order valence-electron chi connectivity index (χ4n) is 4.08. The van der Waals surface area contributed by atoms with Gasteiger partial charge in [-0.1, -0.05) is 6.07 Å². The summed E-state index contributed by atoms with van der Waals surface area (Å²) in [5, 5.41) is 13.6. The maximum atomic E-state index is 9.42. The molecule has 3 heterocycles. The Hall–Kier alpha value is -2.90. The quantitative estimate of drug-likeness (QED) is 0.568. The summed E-state index contributed by atoms with van der Waals surface area (Å²) in [5.41, 5.74) is 4.26. The molecule has 0 amide bonds. The molecule has 6 nitrogen and oxygen atoms in total. The van der Waals surface area contributed by atoms with Crippen LogP contribution in [-0.2, 0) is 0 Å². The summed E-state index contributed by atoms with van der Waals surface area (Å²) < 4.78 is 7.57. The van der Waals surface area contributed by atoms with E-state index < -0.39 is 0 Å². The molecule has 1 aliphatic heterocycles. The number of hydrogen-bond donors (Lipinski definition) is 2. The Bertz CT molecular complexity index is 1000. The zero-order chi connectivity index (χ0) is 21.1. The summed E-state index contributed by atoms with van der Waals surface area (Å²) in [6.45, 7) is 2.89. The van der Waals surface area contributed by atoms with Crippen molar-refractivity contribution in [1.82, 2.24) is 19.8 Å². The van der Waals surface area contributed by atoms with E-state index in [0.29, 0.717) is 18.1 Å². The summed E-state index contributed by atoms with van der Waals surface area (Å²) in [6, 6.07) is 18.1. The van der Waals surface area contributed by atoms with Crippen LogP contribution in [0.4, 0.5) is 0 Å². The van der Waals surface area contributed by atoms with Crippen molar-refractivity contribution in [3.05, 3.63) is 77.9 Å². The smallest absolute Gasteiger partial charge is 0.170 e. The molecule has 156 valence electrons. The Morgan fingerprint density at radius 2 is 1.93 bits per heavy atom. The lowest BCUT2D eigenvalue weighted by Gasteiger charge is -2.29. The van der Waals surface area contributed by atoms with Gasteiger partial charge in [0.15, 0.2) is 5.11 Å². The number of hydrogen-bond acceptors (Lipinski definition) is 4. The van der Waals surface area contributed by atoms with Gasteiger partial charge in [-0.05, 0) is 74.1 Å². The second-order valence-electron chi connectivity index (χ2n) is 7.33. The third-order valence-corrected chi connectivity index (χ3v) is 5.85. The largest absolute Gasteiger partial charge is 0.497 e. The number of rotatable bonds is 7. The van der Waals surface area contributed by atoms with Crippen LogP contribution in [0.3, 0.4) is 0 Å². The first-order chi connectivity index (χ1) is 14.6. The van der Waals surface area contributed by atoms with Crippen LogP contribution in [0.2, 0.25) is 0 Å². The van der Waals surface area contributed by atoms with Crippen LogP contribution in [0, 0.1) is 6.92 Å². The number of ether oxygens (including phenoxy) is 1. The Kier molecular flexibility index (Phi) is 6.01. The van der Waals surface area contributed by atoms with E-state index in [1.807, 2.05) is 30.3 Å². The van der Waals surface area contributed by atoms with Crippen molar-refractivity contribution in [2.75, 3.05) is 20.3 Å². The Labute approximate surface area is 182 Å². The van der Waals surface area contributed by atoms with E-state index in [1.165, 1.54) is 0 Å². The molecule has 0 saturated carbocycles. The molecule has 2 N–H and O–H groups in total. The fourth-order valence-corrected chi connectivity index (χ4v) is 4.41. The number of aliphatic hydroxyl groups is 1. The van der Waals surface area contributed by atoms with Crippen molar-refractivity contribution in [2.24, 2.45) is 0 Å². The van der Waals surface area contributed by atoms with E-state index in [-0.39, 0.29) is 18.7 Å². The average Bonchev–Trinajstić information content (AvgIpc) is 3.32. The topological polar surface area (TPSA) is 62.5 Å². The van der Waals surface area contributed by atoms with Gasteiger partial charge >= 0.3 is 0 Å². The van der Waals surface area contributed by atoms with Crippen molar-refractivity contribution in [1.29, 1.82) is 0 Å². The summed E-state index contributed by atoms with van der Waals surface area (Å²) >= 11 is 5.69. The lowest BCUT2D eigenvalue weighted by molar-refractivity contribution is 0.244. The molecule has 0 unspecified atom stereocenters. The van der Waals surface area contributed by atoms with Gasteiger partial charge in [-0.2, -0.15) is 0 Å². The molecule has 1 fully saturated rings. The zero-order valence-electron chi connectivity index (χ0n) is 17.2. The molecule has 1 aromatic carbocycles. The van der Waals surface area contributed by atoms with Crippen LogP contribution in [0.1, 0.15) is 35.6 Å². The van der Waals surface area contributed by atoms with Crippen molar-refractivity contribution >= 4 is 17.3 Å². The number of methoxy groups -OCH3 is 1. The normalized spacial score (nSPS) is 18.5. The molecule has 2 atom stereocenters. The van der Waals surface area contributed by atoms with Gasteiger partial charge in [0.1, 0.15) is 5.75 Å². The lowest BCUT2D eigenvalue weighted by Crippen LogP contribution is -2.32. The molecule has 1 aliphatic rings. The average molecular weight is 423 g/mol. The van der Waals surface area contributed by atoms with E-state index in [0.717, 1.165) is 28.5 Å². The van der Waals surface area contributed by atoms with E-state index >= 15 is 0 Å². The number of aryl methyl sites for hydroxylation is 1. The van der Waals surface area contributed by atoms with Crippen LogP contribution in [-0.4, -0.2) is 44.9 Å². The van der Waals surface area contributed by atoms with Gasteiger partial charge in [0.2, 0.25) is 0 Å². The molecule has 3 aromatic rings. The predicted molar refractivity (Wildman–Crippen MR) is 121 cm³/mol. The van der Waals surface area contributed by atoms with E-state index in [4.69, 9.17) is 17.0 Å². The maximum Gasteiger partial charge on any atom is 0.170 e. The first kappa shape index (κ1) is 20.4. The first-order valence-electron chi connectivity index (χ1n) is 10.1. The lowest BCUT2D eigenvalue weighted by atomic mass is 10.0.